The molecule has 0 heterocycles. The monoisotopic (exact) mass is 310 g/mol. The van der Waals surface area contributed by atoms with Gasteiger partial charge in [-0.3, -0.25) is 0 Å². The van der Waals surface area contributed by atoms with Crippen LogP contribution in [0.4, 0.5) is 0 Å². The van der Waals surface area contributed by atoms with Crippen LogP contribution in [0, 0.1) is 0 Å². The third-order valence-electron chi connectivity index (χ3n) is 4.46. The van der Waals surface area contributed by atoms with E-state index in [9.17, 15) is 0 Å². The van der Waals surface area contributed by atoms with Crippen molar-refractivity contribution in [2.75, 3.05) is 0 Å². The lowest BCUT2D eigenvalue weighted by Crippen LogP contribution is -2.39. The molecule has 3 nitrogen and oxygen atoms in total. The molecule has 1 aliphatic carbocycles. The predicted molar refractivity (Wildman–Crippen MR) is 94.3 cm³/mol. The summed E-state index contributed by atoms with van der Waals surface area (Å²) in [5.41, 5.74) is 8.50. The summed E-state index contributed by atoms with van der Waals surface area (Å²) in [5.74, 6) is 0.925. The molecular weight excluding hydrogens is 284 g/mol. The number of ether oxygens (including phenoxy) is 1. The number of rotatable bonds is 6. The Kier molecular flexibility index (Phi) is 5.67. The smallest absolute Gasteiger partial charge is 0.120 e. The molecule has 3 rings (SSSR count). The van der Waals surface area contributed by atoms with Gasteiger partial charge in [0.15, 0.2) is 0 Å². The largest absolute Gasteiger partial charge is 0.489 e. The van der Waals surface area contributed by atoms with Gasteiger partial charge in [-0.2, -0.15) is 0 Å². The zero-order valence-electron chi connectivity index (χ0n) is 13.6. The van der Waals surface area contributed by atoms with Crippen LogP contribution in [-0.4, -0.2) is 12.1 Å². The van der Waals surface area contributed by atoms with Gasteiger partial charge >= 0.3 is 0 Å². The van der Waals surface area contributed by atoms with Crippen molar-refractivity contribution in [3.05, 3.63) is 65.7 Å². The van der Waals surface area contributed by atoms with Crippen molar-refractivity contribution in [3.63, 3.8) is 0 Å². The Morgan fingerprint density at radius 1 is 1.00 bits per heavy atom. The van der Waals surface area contributed by atoms with Crippen LogP contribution >= 0.6 is 0 Å². The molecule has 0 saturated heterocycles. The van der Waals surface area contributed by atoms with Crippen molar-refractivity contribution in [1.29, 1.82) is 0 Å². The summed E-state index contributed by atoms with van der Waals surface area (Å²) in [6.45, 7) is 1.48. The molecule has 0 spiro atoms. The number of benzene rings is 2. The van der Waals surface area contributed by atoms with Crippen molar-refractivity contribution < 1.29 is 4.74 Å². The second-order valence-corrected chi connectivity index (χ2v) is 6.43. The maximum absolute atomic E-state index is 6.05. The van der Waals surface area contributed by atoms with E-state index in [1.165, 1.54) is 30.4 Å². The zero-order valence-corrected chi connectivity index (χ0v) is 13.6. The SMILES string of the molecule is NC1CCCC(NCc2cccc(OCc3ccccc3)c2)C1. The van der Waals surface area contributed by atoms with Gasteiger partial charge in [0.1, 0.15) is 12.4 Å². The van der Waals surface area contributed by atoms with Crippen LogP contribution in [0.2, 0.25) is 0 Å². The van der Waals surface area contributed by atoms with E-state index in [2.05, 4.69) is 35.6 Å². The molecule has 0 bridgehead atoms. The third-order valence-corrected chi connectivity index (χ3v) is 4.46. The van der Waals surface area contributed by atoms with Crippen LogP contribution in [-0.2, 0) is 13.2 Å². The van der Waals surface area contributed by atoms with Gasteiger partial charge in [-0.1, -0.05) is 48.9 Å². The molecule has 122 valence electrons. The molecule has 1 fully saturated rings. The normalized spacial score (nSPS) is 21.1. The minimum atomic E-state index is 0.363. The molecular formula is C20H26N2O. The average Bonchev–Trinajstić information content (AvgIpc) is 2.60. The summed E-state index contributed by atoms with van der Waals surface area (Å²) in [6, 6.07) is 19.5. The van der Waals surface area contributed by atoms with Crippen LogP contribution in [0.3, 0.4) is 0 Å². The number of nitrogens with two attached hydrogens (primary N) is 1. The van der Waals surface area contributed by atoms with Crippen LogP contribution in [0.25, 0.3) is 0 Å². The molecule has 2 atom stereocenters. The quantitative estimate of drug-likeness (QED) is 0.856. The highest BCUT2D eigenvalue weighted by Gasteiger charge is 2.18. The van der Waals surface area contributed by atoms with Gasteiger partial charge in [0.2, 0.25) is 0 Å². The van der Waals surface area contributed by atoms with Crippen LogP contribution < -0.4 is 15.8 Å². The van der Waals surface area contributed by atoms with Crippen LogP contribution in [0.15, 0.2) is 54.6 Å². The van der Waals surface area contributed by atoms with Gasteiger partial charge in [-0.25, -0.2) is 0 Å². The van der Waals surface area contributed by atoms with Crippen molar-refractivity contribution >= 4 is 0 Å². The Labute approximate surface area is 138 Å². The standard InChI is InChI=1S/C20H26N2O/c21-18-9-5-10-19(13-18)22-14-17-8-4-11-20(12-17)23-15-16-6-2-1-3-7-16/h1-4,6-8,11-12,18-19,22H,5,9-10,13-15,21H2. The first-order valence-electron chi connectivity index (χ1n) is 8.54. The van der Waals surface area contributed by atoms with Crippen LogP contribution in [0.5, 0.6) is 5.75 Å². The Balaban J connectivity index is 1.50. The molecule has 1 aliphatic rings. The highest BCUT2D eigenvalue weighted by Crippen LogP contribution is 2.19. The summed E-state index contributed by atoms with van der Waals surface area (Å²) in [7, 11) is 0. The maximum atomic E-state index is 6.05. The maximum Gasteiger partial charge on any atom is 0.120 e. The molecule has 3 N–H and O–H groups in total. The van der Waals surface area contributed by atoms with E-state index >= 15 is 0 Å². The second-order valence-electron chi connectivity index (χ2n) is 6.43. The lowest BCUT2D eigenvalue weighted by atomic mass is 9.91. The number of hydrogen-bond acceptors (Lipinski definition) is 3. The van der Waals surface area contributed by atoms with Crippen LogP contribution in [0.1, 0.15) is 36.8 Å². The first kappa shape index (κ1) is 16.0. The highest BCUT2D eigenvalue weighted by atomic mass is 16.5. The van der Waals surface area contributed by atoms with E-state index in [0.717, 1.165) is 18.7 Å². The summed E-state index contributed by atoms with van der Waals surface area (Å²) >= 11 is 0. The van der Waals surface area contributed by atoms with E-state index in [-0.39, 0.29) is 0 Å². The van der Waals surface area contributed by atoms with Crippen molar-refractivity contribution in [2.45, 2.75) is 50.9 Å². The van der Waals surface area contributed by atoms with E-state index in [1.54, 1.807) is 0 Å². The molecule has 0 radical (unpaired) electrons. The molecule has 1 saturated carbocycles. The molecule has 3 heteroatoms. The van der Waals surface area contributed by atoms with Gasteiger partial charge in [0.05, 0.1) is 0 Å². The Bertz CT molecular complexity index is 600. The van der Waals surface area contributed by atoms with Gasteiger partial charge in [-0.15, -0.1) is 0 Å². The fraction of sp³-hybridized carbons (Fsp3) is 0.400. The highest BCUT2D eigenvalue weighted by molar-refractivity contribution is 5.29. The molecule has 0 aliphatic heterocycles. The summed E-state index contributed by atoms with van der Waals surface area (Å²) < 4.78 is 5.89. The topological polar surface area (TPSA) is 47.3 Å². The van der Waals surface area contributed by atoms with E-state index in [1.807, 2.05) is 24.3 Å². The first-order chi connectivity index (χ1) is 11.3. The lowest BCUT2D eigenvalue weighted by Gasteiger charge is -2.27. The number of nitrogens with one attached hydrogen (secondary N) is 1. The van der Waals surface area contributed by atoms with Gasteiger partial charge in [0, 0.05) is 18.6 Å². The second kappa shape index (κ2) is 8.14. The molecule has 2 aromatic rings. The molecule has 0 aromatic heterocycles. The summed E-state index contributed by atoms with van der Waals surface area (Å²) in [4.78, 5) is 0. The van der Waals surface area contributed by atoms with Crippen molar-refractivity contribution in [3.8, 4) is 5.75 Å². The molecule has 0 amide bonds. The summed E-state index contributed by atoms with van der Waals surface area (Å²) in [5, 5.41) is 3.63. The van der Waals surface area contributed by atoms with E-state index in [4.69, 9.17) is 10.5 Å². The lowest BCUT2D eigenvalue weighted by molar-refractivity contribution is 0.305. The van der Waals surface area contributed by atoms with E-state index < -0.39 is 0 Å². The molecule has 2 aromatic carbocycles. The van der Waals surface area contributed by atoms with Crippen molar-refractivity contribution in [1.82, 2.24) is 5.32 Å². The fourth-order valence-electron chi connectivity index (χ4n) is 3.16. The average molecular weight is 310 g/mol. The predicted octanol–water partition coefficient (Wildman–Crippen LogP) is 3.63. The van der Waals surface area contributed by atoms with Gasteiger partial charge < -0.3 is 15.8 Å². The Hall–Kier alpha value is -1.84. The fourth-order valence-corrected chi connectivity index (χ4v) is 3.16. The third kappa shape index (κ3) is 5.08. The number of hydrogen-bond donors (Lipinski definition) is 2. The minimum absolute atomic E-state index is 0.363. The summed E-state index contributed by atoms with van der Waals surface area (Å²) in [6.07, 6.45) is 4.72. The molecule has 2 unspecified atom stereocenters. The van der Waals surface area contributed by atoms with E-state index in [0.29, 0.717) is 18.7 Å². The Morgan fingerprint density at radius 2 is 1.83 bits per heavy atom. The Morgan fingerprint density at radius 3 is 2.65 bits per heavy atom. The zero-order chi connectivity index (χ0) is 15.9. The first-order valence-corrected chi connectivity index (χ1v) is 8.54. The van der Waals surface area contributed by atoms with Crippen molar-refractivity contribution in [2.24, 2.45) is 5.73 Å². The molecule has 23 heavy (non-hydrogen) atoms. The minimum Gasteiger partial charge on any atom is -0.489 e. The van der Waals surface area contributed by atoms with Gasteiger partial charge in [0.25, 0.3) is 0 Å². The van der Waals surface area contributed by atoms with Gasteiger partial charge in [-0.05, 0) is 42.5 Å².